The fraction of sp³-hybridized carbons (Fsp3) is 0.353. The fourth-order valence-electron chi connectivity index (χ4n) is 2.04. The average Bonchev–Trinajstić information content (AvgIpc) is 3.18. The predicted octanol–water partition coefficient (Wildman–Crippen LogP) is 2.59. The van der Waals surface area contributed by atoms with Gasteiger partial charge in [-0.05, 0) is 18.6 Å². The van der Waals surface area contributed by atoms with E-state index in [1.807, 2.05) is 0 Å². The van der Waals surface area contributed by atoms with Crippen LogP contribution in [0.3, 0.4) is 0 Å². The molecule has 0 radical (unpaired) electrons. The van der Waals surface area contributed by atoms with Gasteiger partial charge in [0.05, 0.1) is 16.1 Å². The maximum atomic E-state index is 12.4. The molecule has 8 nitrogen and oxygen atoms in total. The zero-order chi connectivity index (χ0) is 21.4. The van der Waals surface area contributed by atoms with Crippen LogP contribution in [0.4, 0.5) is 8.78 Å². The number of amides is 2. The molecule has 1 heterocycles. The average molecular weight is 452 g/mol. The molecule has 1 aromatic carbocycles. The number of carbonyl (C=O) groups excluding carboxylic acids is 2. The Bertz CT molecular complexity index is 850. The third-order valence-corrected chi connectivity index (χ3v) is 4.24. The van der Waals surface area contributed by atoms with Crippen molar-refractivity contribution in [2.75, 3.05) is 19.7 Å². The molecule has 3 N–H and O–H groups in total. The summed E-state index contributed by atoms with van der Waals surface area (Å²) in [7, 11) is 0. The summed E-state index contributed by atoms with van der Waals surface area (Å²) in [6, 6.07) is 4.55. The second-order valence-corrected chi connectivity index (χ2v) is 6.55. The van der Waals surface area contributed by atoms with E-state index in [4.69, 9.17) is 27.9 Å². The van der Waals surface area contributed by atoms with Gasteiger partial charge in [0.2, 0.25) is 0 Å². The van der Waals surface area contributed by atoms with Crippen LogP contribution in [0.1, 0.15) is 29.2 Å². The smallest absolute Gasteiger partial charge is 0.313 e. The molecular formula is C17H17Cl2F2N3O5. The number of nitrogens with zero attached hydrogens (tertiary/aromatic N) is 1. The summed E-state index contributed by atoms with van der Waals surface area (Å²) in [6.07, 6.45) is -2.93. The van der Waals surface area contributed by atoms with Crippen molar-refractivity contribution in [1.82, 2.24) is 15.6 Å². The van der Waals surface area contributed by atoms with Gasteiger partial charge in [-0.15, -0.1) is 0 Å². The Hall–Kier alpha value is -2.43. The number of alkyl halides is 2. The van der Waals surface area contributed by atoms with Crippen molar-refractivity contribution >= 4 is 35.0 Å². The van der Waals surface area contributed by atoms with Crippen molar-refractivity contribution in [3.63, 3.8) is 0 Å². The van der Waals surface area contributed by atoms with Crippen molar-refractivity contribution in [2.24, 2.45) is 0 Å². The number of rotatable bonds is 10. The second kappa shape index (κ2) is 10.9. The monoisotopic (exact) mass is 451 g/mol. The zero-order valence-electron chi connectivity index (χ0n) is 14.8. The molecule has 0 saturated heterocycles. The van der Waals surface area contributed by atoms with Gasteiger partial charge in [0.25, 0.3) is 17.7 Å². The molecule has 0 aliphatic rings. The predicted molar refractivity (Wildman–Crippen MR) is 99.4 cm³/mol. The third kappa shape index (κ3) is 7.48. The number of ether oxygens (including phenoxy) is 1. The van der Waals surface area contributed by atoms with Gasteiger partial charge in [0, 0.05) is 19.2 Å². The van der Waals surface area contributed by atoms with Crippen LogP contribution in [-0.2, 0) is 4.79 Å². The molecule has 0 bridgehead atoms. The van der Waals surface area contributed by atoms with Crippen LogP contribution >= 0.6 is 23.2 Å². The van der Waals surface area contributed by atoms with Crippen molar-refractivity contribution in [1.29, 1.82) is 0 Å². The molecule has 0 fully saturated rings. The number of hydrogen-bond donors (Lipinski definition) is 3. The molecule has 0 aliphatic heterocycles. The number of halogens is 4. The van der Waals surface area contributed by atoms with Crippen LogP contribution < -0.4 is 15.4 Å². The van der Waals surface area contributed by atoms with E-state index in [2.05, 4.69) is 20.0 Å². The SMILES string of the molecule is O=C(COc1ccc(Cl)c(Cl)c1)NC[C@@H](O)CCNC(=O)c1coc(C(F)F)n1. The summed E-state index contributed by atoms with van der Waals surface area (Å²) in [4.78, 5) is 26.8. The molecule has 2 amide bonds. The van der Waals surface area contributed by atoms with Gasteiger partial charge in [0.15, 0.2) is 12.3 Å². The first kappa shape index (κ1) is 22.9. The summed E-state index contributed by atoms with van der Waals surface area (Å²) in [5, 5.41) is 15.4. The second-order valence-electron chi connectivity index (χ2n) is 5.74. The Morgan fingerprint density at radius 1 is 1.24 bits per heavy atom. The summed E-state index contributed by atoms with van der Waals surface area (Å²) < 4.78 is 34.4. The Labute approximate surface area is 174 Å². The fourth-order valence-corrected chi connectivity index (χ4v) is 2.32. The number of oxazole rings is 1. The lowest BCUT2D eigenvalue weighted by Crippen LogP contribution is -2.37. The lowest BCUT2D eigenvalue weighted by Gasteiger charge is -2.13. The quantitative estimate of drug-likeness (QED) is 0.511. The van der Waals surface area contributed by atoms with Gasteiger partial charge in [0.1, 0.15) is 12.0 Å². The standard InChI is InChI=1S/C17H17Cl2F2N3O5/c18-11-2-1-10(5-12(11)19)28-8-14(26)23-6-9(25)3-4-22-16(27)13-7-29-17(24-13)15(20)21/h1-2,5,7,9,15,25H,3-4,6,8H2,(H,22,27)(H,23,26)/t9-/m0/s1. The van der Waals surface area contributed by atoms with Gasteiger partial charge in [-0.25, -0.2) is 4.98 Å². The van der Waals surface area contributed by atoms with Crippen molar-refractivity contribution in [3.05, 3.63) is 46.1 Å². The number of hydrogen-bond acceptors (Lipinski definition) is 6. The molecule has 2 rings (SSSR count). The van der Waals surface area contributed by atoms with E-state index in [0.29, 0.717) is 10.8 Å². The number of aromatic nitrogens is 1. The Morgan fingerprint density at radius 2 is 2.00 bits per heavy atom. The number of nitrogens with one attached hydrogen (secondary N) is 2. The summed E-state index contributed by atoms with van der Waals surface area (Å²) in [6.45, 7) is -0.328. The third-order valence-electron chi connectivity index (χ3n) is 3.50. The largest absolute Gasteiger partial charge is 0.484 e. The molecule has 0 unspecified atom stereocenters. The van der Waals surface area contributed by atoms with Gasteiger partial charge in [-0.2, -0.15) is 8.78 Å². The summed E-state index contributed by atoms with van der Waals surface area (Å²) >= 11 is 11.6. The lowest BCUT2D eigenvalue weighted by atomic mass is 10.2. The normalized spacial score (nSPS) is 11.9. The number of aliphatic hydroxyl groups is 1. The minimum atomic E-state index is -2.91. The van der Waals surface area contributed by atoms with E-state index in [1.165, 1.54) is 12.1 Å². The molecule has 1 aromatic heterocycles. The van der Waals surface area contributed by atoms with E-state index in [9.17, 15) is 23.5 Å². The van der Waals surface area contributed by atoms with E-state index in [-0.39, 0.29) is 36.8 Å². The number of aliphatic hydroxyl groups excluding tert-OH is 1. The molecule has 0 spiro atoms. The minimum absolute atomic E-state index is 0.0342. The van der Waals surface area contributed by atoms with Crippen LogP contribution in [0, 0.1) is 0 Å². The number of benzene rings is 1. The highest BCUT2D eigenvalue weighted by molar-refractivity contribution is 6.42. The van der Waals surface area contributed by atoms with Crippen LogP contribution in [-0.4, -0.2) is 47.7 Å². The Morgan fingerprint density at radius 3 is 2.66 bits per heavy atom. The van der Waals surface area contributed by atoms with Gasteiger partial charge < -0.3 is 24.9 Å². The van der Waals surface area contributed by atoms with Gasteiger partial charge in [-0.1, -0.05) is 23.2 Å². The van der Waals surface area contributed by atoms with Gasteiger partial charge in [-0.3, -0.25) is 9.59 Å². The summed E-state index contributed by atoms with van der Waals surface area (Å²) in [5.41, 5.74) is -0.289. The highest BCUT2D eigenvalue weighted by atomic mass is 35.5. The van der Waals surface area contributed by atoms with E-state index in [0.717, 1.165) is 6.26 Å². The minimum Gasteiger partial charge on any atom is -0.484 e. The number of carbonyl (C=O) groups is 2. The molecule has 1 atom stereocenters. The molecule has 29 heavy (non-hydrogen) atoms. The maximum absolute atomic E-state index is 12.4. The van der Waals surface area contributed by atoms with Crippen LogP contribution in [0.25, 0.3) is 0 Å². The topological polar surface area (TPSA) is 114 Å². The molecule has 12 heteroatoms. The van der Waals surface area contributed by atoms with E-state index in [1.54, 1.807) is 6.07 Å². The molecular weight excluding hydrogens is 435 g/mol. The molecule has 2 aromatic rings. The molecule has 158 valence electrons. The van der Waals surface area contributed by atoms with Crippen LogP contribution in [0.15, 0.2) is 28.9 Å². The van der Waals surface area contributed by atoms with Crippen LogP contribution in [0.2, 0.25) is 10.0 Å². The highest BCUT2D eigenvalue weighted by Crippen LogP contribution is 2.26. The van der Waals surface area contributed by atoms with Gasteiger partial charge >= 0.3 is 6.43 Å². The highest BCUT2D eigenvalue weighted by Gasteiger charge is 2.18. The Kier molecular flexibility index (Phi) is 8.62. The lowest BCUT2D eigenvalue weighted by molar-refractivity contribution is -0.123. The first-order chi connectivity index (χ1) is 13.8. The van der Waals surface area contributed by atoms with E-state index < -0.39 is 30.2 Å². The maximum Gasteiger partial charge on any atom is 0.313 e. The summed E-state index contributed by atoms with van der Waals surface area (Å²) in [5.74, 6) is -1.67. The zero-order valence-corrected chi connectivity index (χ0v) is 16.3. The molecule has 0 saturated carbocycles. The van der Waals surface area contributed by atoms with Crippen LogP contribution in [0.5, 0.6) is 5.75 Å². The van der Waals surface area contributed by atoms with Crippen molar-refractivity contribution < 1.29 is 32.6 Å². The first-order valence-corrected chi connectivity index (χ1v) is 9.06. The van der Waals surface area contributed by atoms with E-state index >= 15 is 0 Å². The Balaban J connectivity index is 1.63. The van der Waals surface area contributed by atoms with Crippen molar-refractivity contribution in [2.45, 2.75) is 19.0 Å². The molecule has 0 aliphatic carbocycles. The van der Waals surface area contributed by atoms with Crippen molar-refractivity contribution in [3.8, 4) is 5.75 Å². The first-order valence-electron chi connectivity index (χ1n) is 8.30.